The number of carbonyl (C=O) groups excluding carboxylic acids is 1. The smallest absolute Gasteiger partial charge is 0.256 e. The molecule has 3 aromatic rings. The second-order valence-corrected chi connectivity index (χ2v) is 6.67. The Kier molecular flexibility index (Phi) is 5.89. The molecular formula is C21H20ClN3O4. The Bertz CT molecular complexity index is 1140. The number of hydrogen-bond acceptors (Lipinski definition) is 5. The molecule has 7 nitrogen and oxygen atoms in total. The van der Waals surface area contributed by atoms with Gasteiger partial charge in [-0.15, -0.1) is 0 Å². The number of fused-ring (bicyclic) bond motifs is 1. The van der Waals surface area contributed by atoms with E-state index in [2.05, 4.69) is 21.9 Å². The van der Waals surface area contributed by atoms with Crippen molar-refractivity contribution in [1.82, 2.24) is 15.3 Å². The lowest BCUT2D eigenvalue weighted by molar-refractivity contribution is -0.116. The van der Waals surface area contributed by atoms with Crippen molar-refractivity contribution >= 4 is 28.3 Å². The fourth-order valence-corrected chi connectivity index (χ4v) is 3.44. The Morgan fingerprint density at radius 3 is 2.66 bits per heavy atom. The summed E-state index contributed by atoms with van der Waals surface area (Å²) in [4.78, 5) is 31.3. The van der Waals surface area contributed by atoms with Crippen molar-refractivity contribution in [3.8, 4) is 22.8 Å². The fourth-order valence-electron chi connectivity index (χ4n) is 3.07. The van der Waals surface area contributed by atoms with Crippen LogP contribution in [0.5, 0.6) is 11.5 Å². The monoisotopic (exact) mass is 413 g/mol. The first-order chi connectivity index (χ1) is 13.9. The molecule has 0 bridgehead atoms. The maximum atomic E-state index is 12.8. The minimum Gasteiger partial charge on any atom is -0.496 e. The summed E-state index contributed by atoms with van der Waals surface area (Å²) in [5.74, 6) is 0.721. The summed E-state index contributed by atoms with van der Waals surface area (Å²) >= 11 is 6.52. The molecule has 2 aromatic heterocycles. The third-order valence-electron chi connectivity index (χ3n) is 4.56. The average Bonchev–Trinajstić information content (AvgIpc) is 2.72. The van der Waals surface area contributed by atoms with E-state index in [0.29, 0.717) is 44.2 Å². The van der Waals surface area contributed by atoms with Crippen molar-refractivity contribution in [3.63, 3.8) is 0 Å². The molecule has 29 heavy (non-hydrogen) atoms. The molecule has 2 heterocycles. The zero-order valence-corrected chi connectivity index (χ0v) is 17.0. The molecule has 150 valence electrons. The molecule has 0 unspecified atom stereocenters. The summed E-state index contributed by atoms with van der Waals surface area (Å²) in [6.07, 6.45) is 2.76. The normalized spacial score (nSPS) is 10.6. The molecule has 1 amide bonds. The van der Waals surface area contributed by atoms with Gasteiger partial charge in [-0.2, -0.15) is 0 Å². The summed E-state index contributed by atoms with van der Waals surface area (Å²) < 4.78 is 10.7. The molecule has 0 fully saturated rings. The van der Waals surface area contributed by atoms with Crippen LogP contribution in [-0.2, 0) is 11.3 Å². The van der Waals surface area contributed by atoms with Crippen LogP contribution in [0.15, 0.2) is 41.8 Å². The van der Waals surface area contributed by atoms with Crippen molar-refractivity contribution in [2.24, 2.45) is 0 Å². The highest BCUT2D eigenvalue weighted by Crippen LogP contribution is 2.42. The van der Waals surface area contributed by atoms with Crippen LogP contribution in [0.4, 0.5) is 0 Å². The molecule has 0 radical (unpaired) electrons. The van der Waals surface area contributed by atoms with Crippen LogP contribution >= 0.6 is 11.6 Å². The van der Waals surface area contributed by atoms with E-state index in [4.69, 9.17) is 21.1 Å². The lowest BCUT2D eigenvalue weighted by atomic mass is 10.0. The molecule has 0 aliphatic heterocycles. The van der Waals surface area contributed by atoms with Gasteiger partial charge in [-0.1, -0.05) is 18.2 Å². The molecule has 0 saturated carbocycles. The van der Waals surface area contributed by atoms with Crippen molar-refractivity contribution in [2.75, 3.05) is 14.2 Å². The highest BCUT2D eigenvalue weighted by molar-refractivity contribution is 6.35. The molecule has 0 aliphatic rings. The van der Waals surface area contributed by atoms with E-state index in [1.807, 2.05) is 6.92 Å². The molecular weight excluding hydrogens is 394 g/mol. The third kappa shape index (κ3) is 3.95. The lowest BCUT2D eigenvalue weighted by Crippen LogP contribution is -2.20. The number of methoxy groups -OCH3 is 2. The van der Waals surface area contributed by atoms with Crippen molar-refractivity contribution in [2.45, 2.75) is 13.5 Å². The van der Waals surface area contributed by atoms with E-state index < -0.39 is 0 Å². The first kappa shape index (κ1) is 20.4. The predicted molar refractivity (Wildman–Crippen MR) is 113 cm³/mol. The SMILES string of the molecule is C=CC(=O)NCc1cc2c(=O)[nH]c(-c3c(C)c(OC)cc(OC)c3Cl)cc2cn1. The van der Waals surface area contributed by atoms with Gasteiger partial charge < -0.3 is 19.8 Å². The van der Waals surface area contributed by atoms with Gasteiger partial charge in [0.15, 0.2) is 0 Å². The topological polar surface area (TPSA) is 93.3 Å². The Labute approximate surface area is 172 Å². The number of hydrogen-bond donors (Lipinski definition) is 2. The number of nitrogens with zero attached hydrogens (tertiary/aromatic N) is 1. The minimum absolute atomic E-state index is 0.194. The number of rotatable bonds is 6. The Balaban J connectivity index is 2.12. The summed E-state index contributed by atoms with van der Waals surface area (Å²) in [5, 5.41) is 4.10. The fraction of sp³-hybridized carbons (Fsp3) is 0.190. The van der Waals surface area contributed by atoms with Crippen LogP contribution in [0.2, 0.25) is 5.02 Å². The lowest BCUT2D eigenvalue weighted by Gasteiger charge is -2.16. The summed E-state index contributed by atoms with van der Waals surface area (Å²) in [6.45, 7) is 5.45. The van der Waals surface area contributed by atoms with Gasteiger partial charge in [0.2, 0.25) is 5.91 Å². The molecule has 0 saturated heterocycles. The zero-order valence-electron chi connectivity index (χ0n) is 16.3. The van der Waals surface area contributed by atoms with E-state index in [-0.39, 0.29) is 18.0 Å². The Hall–Kier alpha value is -3.32. The number of benzene rings is 1. The second kappa shape index (κ2) is 8.36. The average molecular weight is 414 g/mol. The first-order valence-corrected chi connectivity index (χ1v) is 9.11. The number of ether oxygens (including phenoxy) is 2. The maximum Gasteiger partial charge on any atom is 0.256 e. The van der Waals surface area contributed by atoms with Crippen molar-refractivity contribution < 1.29 is 14.3 Å². The van der Waals surface area contributed by atoms with E-state index in [0.717, 1.165) is 5.56 Å². The Morgan fingerprint density at radius 1 is 1.28 bits per heavy atom. The van der Waals surface area contributed by atoms with Gasteiger partial charge in [0.1, 0.15) is 11.5 Å². The predicted octanol–water partition coefficient (Wildman–Crippen LogP) is 3.37. The molecule has 2 N–H and O–H groups in total. The van der Waals surface area contributed by atoms with Gasteiger partial charge in [-0.25, -0.2) is 0 Å². The van der Waals surface area contributed by atoms with Gasteiger partial charge in [-0.3, -0.25) is 14.6 Å². The largest absolute Gasteiger partial charge is 0.496 e. The van der Waals surface area contributed by atoms with Gasteiger partial charge >= 0.3 is 0 Å². The van der Waals surface area contributed by atoms with E-state index in [1.54, 1.807) is 31.5 Å². The minimum atomic E-state index is -0.312. The maximum absolute atomic E-state index is 12.8. The standard InChI is InChI=1S/C21H20ClN3O4/c1-5-18(26)24-10-13-7-14-12(9-23-13)6-15(25-21(14)27)19-11(2)16(28-3)8-17(29-4)20(19)22/h5-9H,1,10H2,2-4H3,(H,24,26)(H,25,27). The quantitative estimate of drug-likeness (QED) is 0.604. The molecule has 8 heteroatoms. The van der Waals surface area contributed by atoms with Crippen LogP contribution in [-0.4, -0.2) is 30.1 Å². The van der Waals surface area contributed by atoms with E-state index in [9.17, 15) is 9.59 Å². The van der Waals surface area contributed by atoms with E-state index >= 15 is 0 Å². The zero-order chi connectivity index (χ0) is 21.1. The third-order valence-corrected chi connectivity index (χ3v) is 4.94. The van der Waals surface area contributed by atoms with Gasteiger partial charge in [0, 0.05) is 28.8 Å². The van der Waals surface area contributed by atoms with Gasteiger partial charge in [-0.05, 0) is 25.1 Å². The van der Waals surface area contributed by atoms with Crippen molar-refractivity contribution in [1.29, 1.82) is 0 Å². The highest BCUT2D eigenvalue weighted by Gasteiger charge is 2.18. The van der Waals surface area contributed by atoms with Crippen molar-refractivity contribution in [3.05, 3.63) is 63.7 Å². The van der Waals surface area contributed by atoms with Crippen LogP contribution in [0.1, 0.15) is 11.3 Å². The van der Waals surface area contributed by atoms with Crippen LogP contribution < -0.4 is 20.3 Å². The second-order valence-electron chi connectivity index (χ2n) is 6.29. The summed E-state index contributed by atoms with van der Waals surface area (Å²) in [7, 11) is 3.07. The van der Waals surface area contributed by atoms with Crippen LogP contribution in [0.25, 0.3) is 22.0 Å². The molecule has 0 spiro atoms. The number of halogens is 1. The number of aromatic amines is 1. The van der Waals surface area contributed by atoms with Gasteiger partial charge in [0.25, 0.3) is 5.56 Å². The summed E-state index contributed by atoms with van der Waals surface area (Å²) in [5.41, 5.74) is 2.17. The van der Waals surface area contributed by atoms with Crippen LogP contribution in [0.3, 0.4) is 0 Å². The Morgan fingerprint density at radius 2 is 2.00 bits per heavy atom. The molecule has 3 rings (SSSR count). The van der Waals surface area contributed by atoms with Gasteiger partial charge in [0.05, 0.1) is 42.6 Å². The number of nitrogens with one attached hydrogen (secondary N) is 2. The number of amides is 1. The molecule has 1 aromatic carbocycles. The summed E-state index contributed by atoms with van der Waals surface area (Å²) in [6, 6.07) is 5.14. The molecule has 0 aliphatic carbocycles. The number of carbonyl (C=O) groups is 1. The number of pyridine rings is 2. The number of H-pyrrole nitrogens is 1. The first-order valence-electron chi connectivity index (χ1n) is 8.73. The highest BCUT2D eigenvalue weighted by atomic mass is 35.5. The van der Waals surface area contributed by atoms with E-state index in [1.165, 1.54) is 13.2 Å². The molecule has 0 atom stereocenters. The number of aromatic nitrogens is 2. The van der Waals surface area contributed by atoms with Crippen LogP contribution in [0, 0.1) is 6.92 Å².